The highest BCUT2D eigenvalue weighted by Gasteiger charge is 2.28. The molecule has 0 unspecified atom stereocenters. The van der Waals surface area contributed by atoms with Crippen molar-refractivity contribution in [1.82, 2.24) is 10.4 Å². The lowest BCUT2D eigenvalue weighted by Gasteiger charge is -2.13. The number of rotatable bonds is 4. The quantitative estimate of drug-likeness (QED) is 0.774. The van der Waals surface area contributed by atoms with Crippen LogP contribution in [0.3, 0.4) is 0 Å². The molecule has 0 aromatic carbocycles. The number of pyridine rings is 1. The Kier molecular flexibility index (Phi) is 5.75. The highest BCUT2D eigenvalue weighted by Crippen LogP contribution is 2.30. The van der Waals surface area contributed by atoms with Crippen LogP contribution in [0, 0.1) is 6.92 Å². The van der Waals surface area contributed by atoms with Gasteiger partial charge in [-0.15, -0.1) is 0 Å². The smallest absolute Gasteiger partial charge is 0.427 e. The minimum Gasteiger partial charge on any atom is -0.455 e. The van der Waals surface area contributed by atoms with Crippen LogP contribution in [-0.4, -0.2) is 29.3 Å². The summed E-state index contributed by atoms with van der Waals surface area (Å²) in [5.41, 5.74) is 4.45. The largest absolute Gasteiger partial charge is 0.455 e. The average Bonchev–Trinajstić information content (AvgIpc) is 3.00. The third kappa shape index (κ3) is 4.28. The molecule has 27 heavy (non-hydrogen) atoms. The van der Waals surface area contributed by atoms with E-state index in [1.165, 1.54) is 6.20 Å². The Morgan fingerprint density at radius 3 is 2.89 bits per heavy atom. The third-order valence-electron chi connectivity index (χ3n) is 4.06. The van der Waals surface area contributed by atoms with Gasteiger partial charge in [0.05, 0.1) is 17.3 Å². The van der Waals surface area contributed by atoms with Crippen molar-refractivity contribution in [3.05, 3.63) is 46.0 Å². The van der Waals surface area contributed by atoms with Gasteiger partial charge in [0, 0.05) is 23.7 Å². The molecule has 0 spiro atoms. The van der Waals surface area contributed by atoms with Gasteiger partial charge in [0.2, 0.25) is 0 Å². The number of nitrogens with one attached hydrogen (secondary N) is 2. The van der Waals surface area contributed by atoms with Gasteiger partial charge in [-0.25, -0.2) is 15.2 Å². The molecule has 0 fully saturated rings. The van der Waals surface area contributed by atoms with Crippen molar-refractivity contribution >= 4 is 35.1 Å². The number of halogens is 1. The number of nitrogens with zero attached hydrogens (tertiary/aromatic N) is 2. The van der Waals surface area contributed by atoms with Crippen molar-refractivity contribution in [1.29, 1.82) is 0 Å². The maximum atomic E-state index is 12.6. The summed E-state index contributed by atoms with van der Waals surface area (Å²) in [5, 5.41) is 7.31. The number of amides is 2. The summed E-state index contributed by atoms with van der Waals surface area (Å²) in [7, 11) is 0. The average molecular weight is 391 g/mol. The molecule has 9 heteroatoms. The first kappa shape index (κ1) is 18.9. The number of aromatic nitrogens is 1. The molecule has 3 rings (SSSR count). The number of hydrogen-bond acceptors (Lipinski definition) is 6. The van der Waals surface area contributed by atoms with E-state index in [-0.39, 0.29) is 12.4 Å². The van der Waals surface area contributed by atoms with Gasteiger partial charge in [-0.2, -0.15) is 5.10 Å². The Labute approximate surface area is 160 Å². The SMILES string of the molecule is CCOC(=O)N/N=C1\CCCc2oc(C(=O)Nc3ccc(Cl)cn3)c(C)c21. The van der Waals surface area contributed by atoms with Crippen LogP contribution >= 0.6 is 11.6 Å². The predicted molar refractivity (Wildman–Crippen MR) is 100 cm³/mol. The van der Waals surface area contributed by atoms with Gasteiger partial charge in [0.1, 0.15) is 11.6 Å². The maximum absolute atomic E-state index is 12.6. The lowest BCUT2D eigenvalue weighted by molar-refractivity contribution is 0.0993. The molecule has 0 bridgehead atoms. The van der Waals surface area contributed by atoms with E-state index >= 15 is 0 Å². The number of carbonyl (C=O) groups excluding carboxylic acids is 2. The molecule has 0 aliphatic heterocycles. The van der Waals surface area contributed by atoms with Gasteiger partial charge in [0.25, 0.3) is 5.91 Å². The molecule has 2 N–H and O–H groups in total. The van der Waals surface area contributed by atoms with E-state index in [4.69, 9.17) is 20.8 Å². The number of carbonyl (C=O) groups is 2. The van der Waals surface area contributed by atoms with Gasteiger partial charge in [-0.1, -0.05) is 11.6 Å². The van der Waals surface area contributed by atoms with Gasteiger partial charge in [-0.05, 0) is 38.8 Å². The molecule has 8 nitrogen and oxygen atoms in total. The highest BCUT2D eigenvalue weighted by molar-refractivity contribution is 6.30. The van der Waals surface area contributed by atoms with Crippen molar-refractivity contribution in [2.75, 3.05) is 11.9 Å². The second kappa shape index (κ2) is 8.22. The summed E-state index contributed by atoms with van der Waals surface area (Å²) in [4.78, 5) is 28.1. The summed E-state index contributed by atoms with van der Waals surface area (Å²) in [6.45, 7) is 3.76. The Hall–Kier alpha value is -2.87. The lowest BCUT2D eigenvalue weighted by atomic mass is 9.93. The molecule has 2 heterocycles. The summed E-state index contributed by atoms with van der Waals surface area (Å²) in [5.74, 6) is 0.838. The van der Waals surface area contributed by atoms with Crippen molar-refractivity contribution in [3.8, 4) is 0 Å². The summed E-state index contributed by atoms with van der Waals surface area (Å²) in [6.07, 6.45) is 3.00. The monoisotopic (exact) mass is 390 g/mol. The summed E-state index contributed by atoms with van der Waals surface area (Å²) < 4.78 is 10.6. The van der Waals surface area contributed by atoms with Crippen LogP contribution in [0.5, 0.6) is 0 Å². The van der Waals surface area contributed by atoms with E-state index in [0.29, 0.717) is 40.7 Å². The number of furan rings is 1. The fourth-order valence-electron chi connectivity index (χ4n) is 2.90. The van der Waals surface area contributed by atoms with Crippen molar-refractivity contribution in [2.45, 2.75) is 33.1 Å². The molecule has 0 atom stereocenters. The zero-order chi connectivity index (χ0) is 19.4. The number of hydrogen-bond donors (Lipinski definition) is 2. The molecule has 0 saturated heterocycles. The van der Waals surface area contributed by atoms with Crippen LogP contribution in [0.25, 0.3) is 0 Å². The van der Waals surface area contributed by atoms with E-state index < -0.39 is 12.0 Å². The van der Waals surface area contributed by atoms with E-state index in [1.807, 2.05) is 0 Å². The second-order valence-electron chi connectivity index (χ2n) is 5.91. The number of hydrazone groups is 1. The Morgan fingerprint density at radius 1 is 1.37 bits per heavy atom. The number of fused-ring (bicyclic) bond motifs is 1. The zero-order valence-electron chi connectivity index (χ0n) is 15.0. The molecule has 1 aliphatic rings. The van der Waals surface area contributed by atoms with Crippen molar-refractivity contribution in [2.24, 2.45) is 5.10 Å². The van der Waals surface area contributed by atoms with Crippen LogP contribution < -0.4 is 10.7 Å². The van der Waals surface area contributed by atoms with Crippen LogP contribution in [0.1, 0.15) is 47.2 Å². The fraction of sp³-hybridized carbons (Fsp3) is 0.333. The molecule has 2 aromatic heterocycles. The molecule has 2 aromatic rings. The summed E-state index contributed by atoms with van der Waals surface area (Å²) in [6, 6.07) is 3.24. The predicted octanol–water partition coefficient (Wildman–Crippen LogP) is 3.68. The van der Waals surface area contributed by atoms with Crippen LogP contribution in [0.4, 0.5) is 10.6 Å². The molecular formula is C18H19ClN4O4. The normalized spacial score (nSPS) is 14.6. The first-order valence-corrected chi connectivity index (χ1v) is 8.92. The Bertz CT molecular complexity index is 890. The first-order chi connectivity index (χ1) is 13.0. The molecule has 1 aliphatic carbocycles. The summed E-state index contributed by atoms with van der Waals surface area (Å²) >= 11 is 5.80. The standard InChI is InChI=1S/C18H19ClN4O4/c1-3-26-18(25)23-22-12-5-4-6-13-15(12)10(2)16(27-13)17(24)21-14-8-7-11(19)9-20-14/h7-9H,3-6H2,1-2H3,(H,23,25)(H,20,21,24)/b22-12+. The molecule has 142 valence electrons. The van der Waals surface area contributed by atoms with Crippen molar-refractivity contribution in [3.63, 3.8) is 0 Å². The first-order valence-electron chi connectivity index (χ1n) is 8.54. The molecular weight excluding hydrogens is 372 g/mol. The van der Waals surface area contributed by atoms with Crippen LogP contribution in [0.15, 0.2) is 27.8 Å². The molecule has 0 saturated carbocycles. The number of aryl methyl sites for hydroxylation is 1. The Morgan fingerprint density at radius 2 is 2.19 bits per heavy atom. The zero-order valence-corrected chi connectivity index (χ0v) is 15.7. The maximum Gasteiger partial charge on any atom is 0.427 e. The second-order valence-corrected chi connectivity index (χ2v) is 6.35. The number of ether oxygens (including phenoxy) is 1. The lowest BCUT2D eigenvalue weighted by Crippen LogP contribution is -2.22. The van der Waals surface area contributed by atoms with E-state index in [1.54, 1.807) is 26.0 Å². The third-order valence-corrected chi connectivity index (χ3v) is 4.28. The molecule has 2 amide bonds. The van der Waals surface area contributed by atoms with Gasteiger partial charge >= 0.3 is 6.09 Å². The van der Waals surface area contributed by atoms with Gasteiger partial charge in [-0.3, -0.25) is 4.79 Å². The number of anilines is 1. The van der Waals surface area contributed by atoms with Crippen molar-refractivity contribution < 1.29 is 18.7 Å². The van der Waals surface area contributed by atoms with Crippen LogP contribution in [0.2, 0.25) is 5.02 Å². The van der Waals surface area contributed by atoms with E-state index in [2.05, 4.69) is 20.8 Å². The Balaban J connectivity index is 1.83. The van der Waals surface area contributed by atoms with Crippen LogP contribution in [-0.2, 0) is 11.2 Å². The minimum absolute atomic E-state index is 0.197. The highest BCUT2D eigenvalue weighted by atomic mass is 35.5. The van der Waals surface area contributed by atoms with E-state index in [9.17, 15) is 9.59 Å². The minimum atomic E-state index is -0.620. The topological polar surface area (TPSA) is 106 Å². The molecule has 0 radical (unpaired) electrons. The van der Waals surface area contributed by atoms with E-state index in [0.717, 1.165) is 12.0 Å². The van der Waals surface area contributed by atoms with Gasteiger partial charge in [0.15, 0.2) is 5.76 Å². The fourth-order valence-corrected chi connectivity index (χ4v) is 3.01. The van der Waals surface area contributed by atoms with Gasteiger partial charge < -0.3 is 14.5 Å².